The summed E-state index contributed by atoms with van der Waals surface area (Å²) in [6.45, 7) is 8.45. The summed E-state index contributed by atoms with van der Waals surface area (Å²) in [5.41, 5.74) is 1.96. The molecule has 2 aromatic rings. The highest BCUT2D eigenvalue weighted by molar-refractivity contribution is 6.02. The van der Waals surface area contributed by atoms with E-state index in [9.17, 15) is 19.1 Å². The van der Waals surface area contributed by atoms with Crippen molar-refractivity contribution >= 4 is 29.1 Å². The van der Waals surface area contributed by atoms with Crippen LogP contribution in [0, 0.1) is 24.5 Å². The third kappa shape index (κ3) is 7.66. The van der Waals surface area contributed by atoms with Gasteiger partial charge in [0.1, 0.15) is 11.6 Å². The van der Waals surface area contributed by atoms with Gasteiger partial charge in [-0.1, -0.05) is 46.1 Å². The number of halogens is 2. The zero-order valence-electron chi connectivity index (χ0n) is 22.2. The van der Waals surface area contributed by atoms with Crippen LogP contribution in [0.5, 0.6) is 0 Å². The van der Waals surface area contributed by atoms with E-state index in [1.54, 1.807) is 19.1 Å². The third-order valence-electron chi connectivity index (χ3n) is 6.98. The molecule has 1 aliphatic carbocycles. The second kappa shape index (κ2) is 12.9. The summed E-state index contributed by atoms with van der Waals surface area (Å²) < 4.78 is 29.9. The Bertz CT molecular complexity index is 1100. The molecule has 3 rings (SSSR count). The maximum absolute atomic E-state index is 15.6. The van der Waals surface area contributed by atoms with Crippen LogP contribution in [0.3, 0.4) is 0 Å². The molecule has 1 aliphatic rings. The molecule has 0 aliphatic heterocycles. The molecular weight excluding hydrogens is 476 g/mol. The van der Waals surface area contributed by atoms with Crippen molar-refractivity contribution in [3.8, 4) is 0 Å². The van der Waals surface area contributed by atoms with Gasteiger partial charge in [0.2, 0.25) is 0 Å². The molecule has 2 amide bonds. The molecule has 37 heavy (non-hydrogen) atoms. The minimum absolute atomic E-state index is 0.0376. The van der Waals surface area contributed by atoms with Gasteiger partial charge in [-0.15, -0.1) is 0 Å². The van der Waals surface area contributed by atoms with Crippen molar-refractivity contribution in [3.05, 3.63) is 53.1 Å². The van der Waals surface area contributed by atoms with Crippen molar-refractivity contribution in [2.24, 2.45) is 5.92 Å². The minimum Gasteiger partial charge on any atom is -0.481 e. The number of aryl methyl sites for hydroxylation is 1. The van der Waals surface area contributed by atoms with E-state index in [1.165, 1.54) is 24.6 Å². The fourth-order valence-corrected chi connectivity index (χ4v) is 5.14. The van der Waals surface area contributed by atoms with Gasteiger partial charge in [-0.25, -0.2) is 13.6 Å². The largest absolute Gasteiger partial charge is 0.481 e. The van der Waals surface area contributed by atoms with Gasteiger partial charge < -0.3 is 20.6 Å². The van der Waals surface area contributed by atoms with Crippen molar-refractivity contribution in [2.45, 2.75) is 84.6 Å². The monoisotopic (exact) mass is 515 g/mol. The lowest BCUT2D eigenvalue weighted by molar-refractivity contribution is -0.137. The number of aliphatic carboxylic acids is 1. The smallest absolute Gasteiger partial charge is 0.323 e. The van der Waals surface area contributed by atoms with Crippen LogP contribution < -0.4 is 15.5 Å². The first-order chi connectivity index (χ1) is 17.6. The summed E-state index contributed by atoms with van der Waals surface area (Å²) in [6, 6.07) is 7.07. The molecule has 0 heterocycles. The van der Waals surface area contributed by atoms with E-state index in [-0.39, 0.29) is 23.7 Å². The average Bonchev–Trinajstić information content (AvgIpc) is 2.84. The number of hydrogen-bond acceptors (Lipinski definition) is 3. The van der Waals surface area contributed by atoms with Crippen molar-refractivity contribution < 1.29 is 23.5 Å². The second-order valence-corrected chi connectivity index (χ2v) is 10.5. The number of urea groups is 1. The molecule has 1 fully saturated rings. The van der Waals surface area contributed by atoms with Gasteiger partial charge in [0.25, 0.3) is 0 Å². The first-order valence-electron chi connectivity index (χ1n) is 13.2. The van der Waals surface area contributed by atoms with Crippen LogP contribution >= 0.6 is 0 Å². The number of carbonyl (C=O) groups excluding carboxylic acids is 1. The Morgan fingerprint density at radius 1 is 1.03 bits per heavy atom. The van der Waals surface area contributed by atoms with Crippen molar-refractivity contribution in [1.29, 1.82) is 0 Å². The van der Waals surface area contributed by atoms with E-state index in [1.807, 2.05) is 6.92 Å². The molecule has 6 nitrogen and oxygen atoms in total. The van der Waals surface area contributed by atoms with Gasteiger partial charge in [0.05, 0.1) is 23.5 Å². The molecule has 0 radical (unpaired) electrons. The lowest BCUT2D eigenvalue weighted by Crippen LogP contribution is -2.40. The molecule has 0 bridgehead atoms. The van der Waals surface area contributed by atoms with Gasteiger partial charge in [-0.2, -0.15) is 0 Å². The number of benzene rings is 2. The zero-order valence-corrected chi connectivity index (χ0v) is 22.2. The maximum Gasteiger partial charge on any atom is 0.323 e. The van der Waals surface area contributed by atoms with Gasteiger partial charge in [-0.3, -0.25) is 4.79 Å². The van der Waals surface area contributed by atoms with Crippen LogP contribution in [0.25, 0.3) is 0 Å². The summed E-state index contributed by atoms with van der Waals surface area (Å²) in [6.07, 6.45) is 5.52. The van der Waals surface area contributed by atoms with E-state index < -0.39 is 29.6 Å². The summed E-state index contributed by atoms with van der Waals surface area (Å²) in [4.78, 5) is 26.6. The lowest BCUT2D eigenvalue weighted by atomic mass is 9.90. The van der Waals surface area contributed by atoms with Crippen molar-refractivity contribution in [3.63, 3.8) is 0 Å². The highest BCUT2D eigenvalue weighted by atomic mass is 19.1. The molecule has 1 unspecified atom stereocenters. The molecule has 8 heteroatoms. The first-order valence-corrected chi connectivity index (χ1v) is 13.2. The molecule has 0 aromatic heterocycles. The first kappa shape index (κ1) is 28.4. The van der Waals surface area contributed by atoms with Gasteiger partial charge in [0.15, 0.2) is 0 Å². The molecule has 0 spiro atoms. The summed E-state index contributed by atoms with van der Waals surface area (Å²) in [5.74, 6) is -2.29. The summed E-state index contributed by atoms with van der Waals surface area (Å²) in [5, 5.41) is 14.7. The van der Waals surface area contributed by atoms with E-state index in [4.69, 9.17) is 0 Å². The molecule has 1 saturated carbocycles. The van der Waals surface area contributed by atoms with Crippen LogP contribution in [0.15, 0.2) is 30.3 Å². The predicted octanol–water partition coefficient (Wildman–Crippen LogP) is 7.68. The highest BCUT2D eigenvalue weighted by Gasteiger charge is 2.28. The van der Waals surface area contributed by atoms with Crippen LogP contribution in [0.1, 0.15) is 82.8 Å². The fraction of sp³-hybridized carbons (Fsp3) is 0.517. The molecular formula is C29H39F2N3O3. The number of anilines is 3. The standard InChI is InChI=1S/C29H39F2N3O3/c1-5-20(14-28(35)36)22-15-26(33-29(37)32-25-12-11-19(4)13-24(25)31)27(16-23(22)30)34(17-18(2)3)21-9-7-6-8-10-21/h11-13,15-16,18,20-21H,5-10,14,17H2,1-4H3,(H,35,36)(H2,32,33,37). The third-order valence-corrected chi connectivity index (χ3v) is 6.98. The number of amides is 2. The fourth-order valence-electron chi connectivity index (χ4n) is 5.14. The van der Waals surface area contributed by atoms with Crippen LogP contribution in [-0.2, 0) is 4.79 Å². The lowest BCUT2D eigenvalue weighted by Gasteiger charge is -2.38. The van der Waals surface area contributed by atoms with Gasteiger partial charge >= 0.3 is 12.0 Å². The molecule has 2 aromatic carbocycles. The predicted molar refractivity (Wildman–Crippen MR) is 145 cm³/mol. The normalized spacial score (nSPS) is 14.9. The van der Waals surface area contributed by atoms with Crippen LogP contribution in [-0.4, -0.2) is 29.7 Å². The van der Waals surface area contributed by atoms with Gasteiger partial charge in [-0.05, 0) is 73.4 Å². The van der Waals surface area contributed by atoms with E-state index in [0.29, 0.717) is 30.3 Å². The molecule has 3 N–H and O–H groups in total. The van der Waals surface area contributed by atoms with E-state index >= 15 is 4.39 Å². The minimum atomic E-state index is -1.01. The van der Waals surface area contributed by atoms with E-state index in [2.05, 4.69) is 29.4 Å². The zero-order chi connectivity index (χ0) is 27.1. The topological polar surface area (TPSA) is 81.7 Å². The number of rotatable bonds is 10. The quantitative estimate of drug-likeness (QED) is 0.303. The van der Waals surface area contributed by atoms with Crippen LogP contribution in [0.2, 0.25) is 0 Å². The Morgan fingerprint density at radius 2 is 1.70 bits per heavy atom. The number of nitrogens with one attached hydrogen (secondary N) is 2. The second-order valence-electron chi connectivity index (χ2n) is 10.5. The Hall–Kier alpha value is -3.16. The molecule has 0 saturated heterocycles. The Kier molecular flexibility index (Phi) is 9.89. The number of carboxylic acids is 1. The number of carbonyl (C=O) groups is 2. The molecule has 202 valence electrons. The van der Waals surface area contributed by atoms with Crippen LogP contribution in [0.4, 0.5) is 30.6 Å². The maximum atomic E-state index is 15.6. The highest BCUT2D eigenvalue weighted by Crippen LogP contribution is 2.38. The summed E-state index contributed by atoms with van der Waals surface area (Å²) in [7, 11) is 0. The summed E-state index contributed by atoms with van der Waals surface area (Å²) >= 11 is 0. The Labute approximate surface area is 218 Å². The SMILES string of the molecule is CCC(CC(=O)O)c1cc(NC(=O)Nc2ccc(C)cc2F)c(N(CC(C)C)C2CCCCC2)cc1F. The average molecular weight is 516 g/mol. The Morgan fingerprint density at radius 3 is 2.30 bits per heavy atom. The number of carboxylic acid groups (broad SMARTS) is 1. The van der Waals surface area contributed by atoms with Crippen molar-refractivity contribution in [1.82, 2.24) is 0 Å². The number of nitrogens with zero attached hydrogens (tertiary/aromatic N) is 1. The van der Waals surface area contributed by atoms with E-state index in [0.717, 1.165) is 31.2 Å². The van der Waals surface area contributed by atoms with Gasteiger partial charge in [0, 0.05) is 12.6 Å². The molecule has 1 atom stereocenters. The Balaban J connectivity index is 2.03. The number of hydrogen-bond donors (Lipinski definition) is 3. The van der Waals surface area contributed by atoms with Crippen molar-refractivity contribution in [2.75, 3.05) is 22.1 Å².